The molecule has 0 radical (unpaired) electrons. The van der Waals surface area contributed by atoms with Crippen molar-refractivity contribution in [1.82, 2.24) is 19.7 Å². The fourth-order valence-electron chi connectivity index (χ4n) is 2.57. The van der Waals surface area contributed by atoms with Gasteiger partial charge in [0, 0.05) is 18.6 Å². The van der Waals surface area contributed by atoms with E-state index in [9.17, 15) is 0 Å². The van der Waals surface area contributed by atoms with Crippen molar-refractivity contribution in [3.63, 3.8) is 0 Å². The average molecular weight is 237 g/mol. The molecule has 1 heterocycles. The van der Waals surface area contributed by atoms with Gasteiger partial charge in [0.25, 0.3) is 0 Å². The van der Waals surface area contributed by atoms with Crippen LogP contribution in [0.15, 0.2) is 6.33 Å². The van der Waals surface area contributed by atoms with E-state index < -0.39 is 0 Å². The van der Waals surface area contributed by atoms with Crippen LogP contribution in [0.4, 0.5) is 0 Å². The highest BCUT2D eigenvalue weighted by Gasteiger charge is 2.22. The lowest BCUT2D eigenvalue weighted by Crippen LogP contribution is -2.38. The van der Waals surface area contributed by atoms with Gasteiger partial charge in [-0.2, -0.15) is 5.10 Å². The molecule has 1 aromatic rings. The summed E-state index contributed by atoms with van der Waals surface area (Å²) >= 11 is 0. The SMILES string of the molecule is CCn1ncnc1CN(C)C1CCC(N)CC1. The predicted octanol–water partition coefficient (Wildman–Crippen LogP) is 1.000. The molecule has 0 aromatic carbocycles. The molecule has 1 aliphatic rings. The van der Waals surface area contributed by atoms with Crippen LogP contribution < -0.4 is 5.73 Å². The third-order valence-electron chi connectivity index (χ3n) is 3.75. The smallest absolute Gasteiger partial charge is 0.140 e. The Morgan fingerprint density at radius 2 is 2.12 bits per heavy atom. The molecule has 1 aliphatic carbocycles. The number of rotatable bonds is 4. The Balaban J connectivity index is 1.90. The van der Waals surface area contributed by atoms with Crippen LogP contribution in [0, 0.1) is 0 Å². The van der Waals surface area contributed by atoms with E-state index in [-0.39, 0.29) is 0 Å². The molecule has 0 amide bonds. The normalized spacial score (nSPS) is 25.4. The Morgan fingerprint density at radius 1 is 1.41 bits per heavy atom. The first-order valence-electron chi connectivity index (χ1n) is 6.53. The van der Waals surface area contributed by atoms with E-state index in [1.165, 1.54) is 12.8 Å². The van der Waals surface area contributed by atoms with E-state index in [0.29, 0.717) is 12.1 Å². The predicted molar refractivity (Wildman–Crippen MR) is 67.4 cm³/mol. The Hall–Kier alpha value is -0.940. The highest BCUT2D eigenvalue weighted by Crippen LogP contribution is 2.22. The van der Waals surface area contributed by atoms with Gasteiger partial charge in [-0.3, -0.25) is 4.90 Å². The van der Waals surface area contributed by atoms with Crippen LogP contribution in [-0.2, 0) is 13.1 Å². The molecule has 1 saturated carbocycles. The fraction of sp³-hybridized carbons (Fsp3) is 0.833. The molecule has 2 rings (SSSR count). The Kier molecular flexibility index (Phi) is 4.12. The van der Waals surface area contributed by atoms with E-state index in [0.717, 1.165) is 31.8 Å². The van der Waals surface area contributed by atoms with Gasteiger partial charge in [0.1, 0.15) is 12.2 Å². The molecular formula is C12H23N5. The lowest BCUT2D eigenvalue weighted by atomic mass is 9.91. The van der Waals surface area contributed by atoms with Crippen molar-refractivity contribution in [3.8, 4) is 0 Å². The number of aromatic nitrogens is 3. The lowest BCUT2D eigenvalue weighted by molar-refractivity contribution is 0.170. The molecule has 17 heavy (non-hydrogen) atoms. The van der Waals surface area contributed by atoms with E-state index in [1.807, 2.05) is 4.68 Å². The molecule has 1 fully saturated rings. The van der Waals surface area contributed by atoms with E-state index in [1.54, 1.807) is 6.33 Å². The number of nitrogens with zero attached hydrogens (tertiary/aromatic N) is 4. The molecular weight excluding hydrogens is 214 g/mol. The van der Waals surface area contributed by atoms with E-state index in [4.69, 9.17) is 5.73 Å². The van der Waals surface area contributed by atoms with Crippen LogP contribution >= 0.6 is 0 Å². The molecule has 5 heteroatoms. The molecule has 0 spiro atoms. The van der Waals surface area contributed by atoms with E-state index in [2.05, 4.69) is 29.0 Å². The van der Waals surface area contributed by atoms with Crippen molar-refractivity contribution < 1.29 is 0 Å². The summed E-state index contributed by atoms with van der Waals surface area (Å²) < 4.78 is 1.96. The van der Waals surface area contributed by atoms with Crippen LogP contribution in [-0.4, -0.2) is 38.8 Å². The second-order valence-electron chi connectivity index (χ2n) is 4.98. The van der Waals surface area contributed by atoms with Crippen molar-refractivity contribution in [1.29, 1.82) is 0 Å². The number of hydrogen-bond donors (Lipinski definition) is 1. The summed E-state index contributed by atoms with van der Waals surface area (Å²) in [5.41, 5.74) is 5.93. The minimum absolute atomic E-state index is 0.416. The molecule has 0 atom stereocenters. The quantitative estimate of drug-likeness (QED) is 0.848. The summed E-state index contributed by atoms with van der Waals surface area (Å²) in [5, 5.41) is 4.20. The lowest BCUT2D eigenvalue weighted by Gasteiger charge is -2.33. The zero-order valence-electron chi connectivity index (χ0n) is 10.8. The largest absolute Gasteiger partial charge is 0.328 e. The number of aryl methyl sites for hydroxylation is 1. The van der Waals surface area contributed by atoms with Gasteiger partial charge in [-0.15, -0.1) is 0 Å². The Morgan fingerprint density at radius 3 is 2.76 bits per heavy atom. The van der Waals surface area contributed by atoms with Gasteiger partial charge in [-0.25, -0.2) is 9.67 Å². The zero-order valence-corrected chi connectivity index (χ0v) is 10.8. The van der Waals surface area contributed by atoms with Gasteiger partial charge in [0.2, 0.25) is 0 Å². The maximum absolute atomic E-state index is 5.93. The standard InChI is InChI=1S/C12H23N5/c1-3-17-12(14-9-15-17)8-16(2)11-6-4-10(13)5-7-11/h9-11H,3-8,13H2,1-2H3. The van der Waals surface area contributed by atoms with Gasteiger partial charge in [-0.1, -0.05) is 0 Å². The third-order valence-corrected chi connectivity index (χ3v) is 3.75. The fourth-order valence-corrected chi connectivity index (χ4v) is 2.57. The molecule has 1 aromatic heterocycles. The second kappa shape index (κ2) is 5.60. The van der Waals surface area contributed by atoms with Gasteiger partial charge < -0.3 is 5.73 Å². The maximum atomic E-state index is 5.93. The first kappa shape index (κ1) is 12.5. The maximum Gasteiger partial charge on any atom is 0.140 e. The van der Waals surface area contributed by atoms with Gasteiger partial charge in [0.05, 0.1) is 6.54 Å². The van der Waals surface area contributed by atoms with Crippen LogP contribution in [0.5, 0.6) is 0 Å². The highest BCUT2D eigenvalue weighted by molar-refractivity contribution is 4.87. The van der Waals surface area contributed by atoms with Crippen molar-refractivity contribution in [3.05, 3.63) is 12.2 Å². The summed E-state index contributed by atoms with van der Waals surface area (Å²) in [6.45, 7) is 3.87. The first-order valence-corrected chi connectivity index (χ1v) is 6.53. The zero-order chi connectivity index (χ0) is 12.3. The number of nitrogens with two attached hydrogens (primary N) is 1. The van der Waals surface area contributed by atoms with Gasteiger partial charge >= 0.3 is 0 Å². The molecule has 0 saturated heterocycles. The summed E-state index contributed by atoms with van der Waals surface area (Å²) in [4.78, 5) is 6.71. The highest BCUT2D eigenvalue weighted by atomic mass is 15.3. The van der Waals surface area contributed by atoms with Crippen molar-refractivity contribution in [2.45, 2.75) is 57.8 Å². The molecule has 5 nitrogen and oxygen atoms in total. The van der Waals surface area contributed by atoms with Crippen LogP contribution in [0.3, 0.4) is 0 Å². The molecule has 2 N–H and O–H groups in total. The summed E-state index contributed by atoms with van der Waals surface area (Å²) in [7, 11) is 2.18. The summed E-state index contributed by atoms with van der Waals surface area (Å²) in [6.07, 6.45) is 6.35. The summed E-state index contributed by atoms with van der Waals surface area (Å²) in [5.74, 6) is 1.06. The summed E-state index contributed by atoms with van der Waals surface area (Å²) in [6, 6.07) is 1.07. The second-order valence-corrected chi connectivity index (χ2v) is 4.98. The first-order chi connectivity index (χ1) is 8.20. The van der Waals surface area contributed by atoms with Gasteiger partial charge in [0.15, 0.2) is 0 Å². The molecule has 0 aliphatic heterocycles. The molecule has 0 unspecified atom stereocenters. The van der Waals surface area contributed by atoms with E-state index >= 15 is 0 Å². The van der Waals surface area contributed by atoms with Crippen LogP contribution in [0.25, 0.3) is 0 Å². The minimum atomic E-state index is 0.416. The van der Waals surface area contributed by atoms with Crippen LogP contribution in [0.2, 0.25) is 0 Å². The third kappa shape index (κ3) is 3.04. The minimum Gasteiger partial charge on any atom is -0.328 e. The Bertz CT molecular complexity index is 340. The van der Waals surface area contributed by atoms with Crippen molar-refractivity contribution >= 4 is 0 Å². The Labute approximate surface area is 103 Å². The average Bonchev–Trinajstić information content (AvgIpc) is 2.77. The number of hydrogen-bond acceptors (Lipinski definition) is 4. The van der Waals surface area contributed by atoms with Crippen molar-refractivity contribution in [2.75, 3.05) is 7.05 Å². The van der Waals surface area contributed by atoms with Crippen molar-refractivity contribution in [2.24, 2.45) is 5.73 Å². The van der Waals surface area contributed by atoms with Gasteiger partial charge in [-0.05, 0) is 39.7 Å². The molecule has 0 bridgehead atoms. The molecule has 96 valence electrons. The monoisotopic (exact) mass is 237 g/mol. The topological polar surface area (TPSA) is 60.0 Å². The van der Waals surface area contributed by atoms with Crippen LogP contribution in [0.1, 0.15) is 38.4 Å².